The molecule has 0 aromatic carbocycles. The summed E-state index contributed by atoms with van der Waals surface area (Å²) in [6.45, 7) is 4.73. The average Bonchev–Trinajstić information content (AvgIpc) is 2.92. The largest absolute Gasteiger partial charge is 0.389 e. The molecule has 3 N–H and O–H groups in total. The maximum atomic E-state index is 9.81. The summed E-state index contributed by atoms with van der Waals surface area (Å²) in [6, 6.07) is 1.89. The zero-order chi connectivity index (χ0) is 13.9. The molecule has 110 valence electrons. The van der Waals surface area contributed by atoms with E-state index in [-0.39, 0.29) is 6.61 Å². The van der Waals surface area contributed by atoms with Gasteiger partial charge in [0.25, 0.3) is 0 Å². The van der Waals surface area contributed by atoms with E-state index in [9.17, 15) is 10.2 Å². The van der Waals surface area contributed by atoms with Crippen LogP contribution in [0, 0.1) is 0 Å². The highest BCUT2D eigenvalue weighted by Gasteiger charge is 2.09. The molecule has 6 heteroatoms. The third-order valence-corrected chi connectivity index (χ3v) is 3.23. The number of aliphatic hydroxyl groups is 2. The first-order valence-corrected chi connectivity index (χ1v) is 7.42. The van der Waals surface area contributed by atoms with Gasteiger partial charge in [-0.15, -0.1) is 0 Å². The second-order valence-corrected chi connectivity index (χ2v) is 4.94. The van der Waals surface area contributed by atoms with E-state index in [0.29, 0.717) is 32.9 Å². The van der Waals surface area contributed by atoms with Crippen LogP contribution in [0.25, 0.3) is 0 Å². The Hall–Kier alpha value is -0.500. The molecule has 19 heavy (non-hydrogen) atoms. The molecule has 0 bridgehead atoms. The van der Waals surface area contributed by atoms with Crippen LogP contribution in [0.3, 0.4) is 0 Å². The number of hydrogen-bond donors (Lipinski definition) is 3. The molecule has 5 nitrogen and oxygen atoms in total. The van der Waals surface area contributed by atoms with E-state index in [1.165, 1.54) is 0 Å². The molecule has 0 spiro atoms. The highest BCUT2D eigenvalue weighted by molar-refractivity contribution is 7.07. The lowest BCUT2D eigenvalue weighted by Crippen LogP contribution is -2.33. The van der Waals surface area contributed by atoms with Crippen LogP contribution in [0.5, 0.6) is 0 Å². The van der Waals surface area contributed by atoms with Crippen molar-refractivity contribution in [1.29, 1.82) is 0 Å². The average molecular weight is 289 g/mol. The first-order chi connectivity index (χ1) is 9.24. The number of hydrogen-bond acceptors (Lipinski definition) is 6. The molecular weight excluding hydrogens is 266 g/mol. The van der Waals surface area contributed by atoms with Gasteiger partial charge in [0.05, 0.1) is 32.0 Å². The second-order valence-electron chi connectivity index (χ2n) is 4.16. The summed E-state index contributed by atoms with van der Waals surface area (Å²) in [5, 5.41) is 26.3. The van der Waals surface area contributed by atoms with Crippen molar-refractivity contribution >= 4 is 11.3 Å². The van der Waals surface area contributed by atoms with Gasteiger partial charge in [-0.2, -0.15) is 11.3 Å². The maximum absolute atomic E-state index is 9.81. The highest BCUT2D eigenvalue weighted by atomic mass is 32.1. The molecule has 2 unspecified atom stereocenters. The van der Waals surface area contributed by atoms with Gasteiger partial charge in [0.1, 0.15) is 0 Å². The zero-order valence-corrected chi connectivity index (χ0v) is 12.1. The van der Waals surface area contributed by atoms with Gasteiger partial charge < -0.3 is 25.0 Å². The van der Waals surface area contributed by atoms with Gasteiger partial charge in [-0.25, -0.2) is 0 Å². The van der Waals surface area contributed by atoms with Crippen molar-refractivity contribution < 1.29 is 19.7 Å². The highest BCUT2D eigenvalue weighted by Crippen LogP contribution is 2.14. The Morgan fingerprint density at radius 1 is 1.26 bits per heavy atom. The van der Waals surface area contributed by atoms with Crippen LogP contribution in [0.1, 0.15) is 18.6 Å². The molecule has 0 aliphatic rings. The van der Waals surface area contributed by atoms with Crippen molar-refractivity contribution in [3.05, 3.63) is 22.4 Å². The number of thiophene rings is 1. The van der Waals surface area contributed by atoms with Crippen LogP contribution in [-0.4, -0.2) is 55.8 Å². The van der Waals surface area contributed by atoms with Gasteiger partial charge >= 0.3 is 0 Å². The number of rotatable bonds is 11. The Bertz CT molecular complexity index is 308. The standard InChI is InChI=1S/C13H23NO4S/c1-2-17-4-5-18-9-12(15)7-14-8-13(16)11-3-6-19-10-11/h3,6,10,12-16H,2,4-5,7-9H2,1H3. The van der Waals surface area contributed by atoms with E-state index in [2.05, 4.69) is 5.32 Å². The molecule has 0 aliphatic heterocycles. The summed E-state index contributed by atoms with van der Waals surface area (Å²) in [5.74, 6) is 0. The van der Waals surface area contributed by atoms with Crippen molar-refractivity contribution in [1.82, 2.24) is 5.32 Å². The van der Waals surface area contributed by atoms with Crippen molar-refractivity contribution in [2.24, 2.45) is 0 Å². The van der Waals surface area contributed by atoms with Gasteiger partial charge in [0.2, 0.25) is 0 Å². The molecule has 1 aromatic rings. The van der Waals surface area contributed by atoms with Gasteiger partial charge in [0, 0.05) is 19.7 Å². The Morgan fingerprint density at radius 3 is 2.74 bits per heavy atom. The Labute approximate surface area is 118 Å². The molecule has 0 amide bonds. The zero-order valence-electron chi connectivity index (χ0n) is 11.2. The predicted octanol–water partition coefficient (Wildman–Crippen LogP) is 0.785. The Kier molecular flexibility index (Phi) is 8.98. The molecule has 1 aromatic heterocycles. The summed E-state index contributed by atoms with van der Waals surface area (Å²) < 4.78 is 10.4. The summed E-state index contributed by atoms with van der Waals surface area (Å²) in [4.78, 5) is 0. The summed E-state index contributed by atoms with van der Waals surface area (Å²) in [6.07, 6.45) is -1.10. The van der Waals surface area contributed by atoms with Gasteiger partial charge in [0.15, 0.2) is 0 Å². The minimum Gasteiger partial charge on any atom is -0.389 e. The smallest absolute Gasteiger partial charge is 0.0922 e. The lowest BCUT2D eigenvalue weighted by Gasteiger charge is -2.14. The fourth-order valence-electron chi connectivity index (χ4n) is 1.51. The SMILES string of the molecule is CCOCCOCC(O)CNCC(O)c1ccsc1. The van der Waals surface area contributed by atoms with E-state index >= 15 is 0 Å². The van der Waals surface area contributed by atoms with Crippen LogP contribution >= 0.6 is 11.3 Å². The molecule has 2 atom stereocenters. The Morgan fingerprint density at radius 2 is 2.05 bits per heavy atom. The molecule has 0 saturated heterocycles. The van der Waals surface area contributed by atoms with E-state index in [4.69, 9.17) is 9.47 Å². The van der Waals surface area contributed by atoms with Crippen molar-refractivity contribution in [3.63, 3.8) is 0 Å². The van der Waals surface area contributed by atoms with E-state index < -0.39 is 12.2 Å². The third-order valence-electron chi connectivity index (χ3n) is 2.53. The first-order valence-electron chi connectivity index (χ1n) is 6.48. The van der Waals surface area contributed by atoms with Gasteiger partial charge in [-0.3, -0.25) is 0 Å². The third kappa shape index (κ3) is 7.61. The number of nitrogens with one attached hydrogen (secondary N) is 1. The first kappa shape index (κ1) is 16.6. The molecular formula is C13H23NO4S. The van der Waals surface area contributed by atoms with E-state index in [1.54, 1.807) is 11.3 Å². The van der Waals surface area contributed by atoms with E-state index in [0.717, 1.165) is 5.56 Å². The number of aliphatic hydroxyl groups excluding tert-OH is 2. The van der Waals surface area contributed by atoms with Gasteiger partial charge in [-0.1, -0.05) is 0 Å². The molecule has 0 radical (unpaired) electrons. The fourth-order valence-corrected chi connectivity index (χ4v) is 2.22. The van der Waals surface area contributed by atoms with Crippen molar-refractivity contribution in [2.45, 2.75) is 19.1 Å². The van der Waals surface area contributed by atoms with Gasteiger partial charge in [-0.05, 0) is 29.3 Å². The molecule has 0 fully saturated rings. The second kappa shape index (κ2) is 10.3. The van der Waals surface area contributed by atoms with Crippen LogP contribution in [0.2, 0.25) is 0 Å². The maximum Gasteiger partial charge on any atom is 0.0922 e. The monoisotopic (exact) mass is 289 g/mol. The topological polar surface area (TPSA) is 71.0 Å². The lowest BCUT2D eigenvalue weighted by atomic mass is 10.2. The van der Waals surface area contributed by atoms with Crippen LogP contribution in [-0.2, 0) is 9.47 Å². The lowest BCUT2D eigenvalue weighted by molar-refractivity contribution is 0.00571. The number of ether oxygens (including phenoxy) is 2. The summed E-state index contributed by atoms with van der Waals surface area (Å²) in [7, 11) is 0. The molecule has 0 saturated carbocycles. The van der Waals surface area contributed by atoms with Crippen LogP contribution in [0.4, 0.5) is 0 Å². The molecule has 1 rings (SSSR count). The fraction of sp³-hybridized carbons (Fsp3) is 0.692. The minimum atomic E-state index is -0.573. The predicted molar refractivity (Wildman–Crippen MR) is 75.5 cm³/mol. The quantitative estimate of drug-likeness (QED) is 0.525. The molecule has 0 aliphatic carbocycles. The molecule has 1 heterocycles. The normalized spacial score (nSPS) is 14.5. The van der Waals surface area contributed by atoms with Crippen molar-refractivity contribution in [3.8, 4) is 0 Å². The minimum absolute atomic E-state index is 0.272. The van der Waals surface area contributed by atoms with Crippen molar-refractivity contribution in [2.75, 3.05) is 39.5 Å². The summed E-state index contributed by atoms with van der Waals surface area (Å²) in [5.41, 5.74) is 0.903. The van der Waals surface area contributed by atoms with Crippen LogP contribution < -0.4 is 5.32 Å². The summed E-state index contributed by atoms with van der Waals surface area (Å²) >= 11 is 1.56. The van der Waals surface area contributed by atoms with E-state index in [1.807, 2.05) is 23.8 Å². The van der Waals surface area contributed by atoms with Crippen LogP contribution in [0.15, 0.2) is 16.8 Å². The Balaban J connectivity index is 1.99.